The van der Waals surface area contributed by atoms with Crippen LogP contribution in [0.25, 0.3) is 0 Å². The molecule has 0 radical (unpaired) electrons. The number of nitrogens with one attached hydrogen (secondary N) is 1. The molecule has 1 heterocycles. The summed E-state index contributed by atoms with van der Waals surface area (Å²) in [7, 11) is 0. The van der Waals surface area contributed by atoms with Gasteiger partial charge in [-0.3, -0.25) is 4.79 Å². The van der Waals surface area contributed by atoms with Crippen molar-refractivity contribution in [3.05, 3.63) is 35.4 Å². The Kier molecular flexibility index (Phi) is 5.33. The highest BCUT2D eigenvalue weighted by atomic mass is 16.5. The first kappa shape index (κ1) is 15.9. The topological polar surface area (TPSA) is 73.6 Å². The van der Waals surface area contributed by atoms with E-state index in [-0.39, 0.29) is 11.9 Å². The molecule has 1 fully saturated rings. The van der Waals surface area contributed by atoms with Crippen molar-refractivity contribution in [3.8, 4) is 0 Å². The minimum atomic E-state index is -0.644. The smallest absolute Gasteiger partial charge is 0.230 e. The monoisotopic (exact) mass is 292 g/mol. The number of rotatable bonds is 6. The lowest BCUT2D eigenvalue weighted by Gasteiger charge is -2.25. The normalized spacial score (nSPS) is 25.0. The lowest BCUT2D eigenvalue weighted by atomic mass is 9.85. The molecule has 1 aromatic carbocycles. The van der Waals surface area contributed by atoms with E-state index >= 15 is 0 Å². The number of ether oxygens (including phenoxy) is 2. The largest absolute Gasteiger partial charge is 0.379 e. The molecule has 1 amide bonds. The molecule has 0 aromatic heterocycles. The van der Waals surface area contributed by atoms with E-state index in [0.717, 1.165) is 11.1 Å². The van der Waals surface area contributed by atoms with Crippen LogP contribution < -0.4 is 11.1 Å². The molecular weight excluding hydrogens is 268 g/mol. The predicted octanol–water partition coefficient (Wildman–Crippen LogP) is 1.20. The fourth-order valence-electron chi connectivity index (χ4n) is 2.38. The van der Waals surface area contributed by atoms with E-state index in [4.69, 9.17) is 15.2 Å². The summed E-state index contributed by atoms with van der Waals surface area (Å²) in [5, 5.41) is 2.97. The summed E-state index contributed by atoms with van der Waals surface area (Å²) in [4.78, 5) is 12.4. The van der Waals surface area contributed by atoms with Gasteiger partial charge in [0.25, 0.3) is 0 Å². The summed E-state index contributed by atoms with van der Waals surface area (Å²) in [5.41, 5.74) is 7.49. The first-order valence-electron chi connectivity index (χ1n) is 7.34. The first-order valence-corrected chi connectivity index (χ1v) is 7.34. The maximum atomic E-state index is 12.4. The second-order valence-electron chi connectivity index (χ2n) is 5.63. The number of carbonyl (C=O) groups excluding carboxylic acids is 1. The zero-order chi connectivity index (χ0) is 15.3. The molecular formula is C16H24N2O3. The van der Waals surface area contributed by atoms with Crippen molar-refractivity contribution < 1.29 is 14.3 Å². The maximum absolute atomic E-state index is 12.4. The Hall–Kier alpha value is -1.43. The Labute approximate surface area is 125 Å². The molecule has 1 aromatic rings. The van der Waals surface area contributed by atoms with Crippen LogP contribution in [-0.4, -0.2) is 31.8 Å². The van der Waals surface area contributed by atoms with Crippen LogP contribution in [0.3, 0.4) is 0 Å². The summed E-state index contributed by atoms with van der Waals surface area (Å²) in [6.45, 7) is 6.34. The van der Waals surface area contributed by atoms with Gasteiger partial charge in [0, 0.05) is 19.2 Å². The number of nitrogens with two attached hydrogens (primary N) is 1. The third-order valence-electron chi connectivity index (χ3n) is 4.06. The molecule has 0 spiro atoms. The van der Waals surface area contributed by atoms with Crippen LogP contribution in [0, 0.1) is 5.41 Å². The molecule has 21 heavy (non-hydrogen) atoms. The first-order chi connectivity index (χ1) is 10.1. The second kappa shape index (κ2) is 7.02. The van der Waals surface area contributed by atoms with Gasteiger partial charge in [0.05, 0.1) is 25.2 Å². The van der Waals surface area contributed by atoms with Crippen LogP contribution in [0.15, 0.2) is 24.3 Å². The quantitative estimate of drug-likeness (QED) is 0.826. The molecule has 2 rings (SSSR count). The molecule has 1 saturated heterocycles. The van der Waals surface area contributed by atoms with E-state index in [2.05, 4.69) is 5.32 Å². The van der Waals surface area contributed by atoms with Gasteiger partial charge in [-0.15, -0.1) is 0 Å². The molecule has 116 valence electrons. The standard InChI is InChI=1S/C16H24N2O3/c1-3-20-9-13-7-5-4-6-12(13)8-18-15(19)16(2)11-21-10-14(16)17/h4-7,14H,3,8-11,17H2,1-2H3,(H,18,19). The highest BCUT2D eigenvalue weighted by molar-refractivity contribution is 5.83. The van der Waals surface area contributed by atoms with Crippen molar-refractivity contribution in [2.24, 2.45) is 11.1 Å². The van der Waals surface area contributed by atoms with Crippen molar-refractivity contribution in [2.45, 2.75) is 33.0 Å². The van der Waals surface area contributed by atoms with Crippen molar-refractivity contribution in [2.75, 3.05) is 19.8 Å². The molecule has 3 N–H and O–H groups in total. The number of carbonyl (C=O) groups is 1. The van der Waals surface area contributed by atoms with Crippen molar-refractivity contribution in [3.63, 3.8) is 0 Å². The van der Waals surface area contributed by atoms with Gasteiger partial charge in [-0.25, -0.2) is 0 Å². The molecule has 0 aliphatic carbocycles. The van der Waals surface area contributed by atoms with Gasteiger partial charge in [0.15, 0.2) is 0 Å². The Morgan fingerprint density at radius 1 is 1.48 bits per heavy atom. The Bertz CT molecular complexity index is 492. The Morgan fingerprint density at radius 2 is 2.19 bits per heavy atom. The second-order valence-corrected chi connectivity index (χ2v) is 5.63. The number of benzene rings is 1. The van der Waals surface area contributed by atoms with Crippen molar-refractivity contribution in [1.82, 2.24) is 5.32 Å². The predicted molar refractivity (Wildman–Crippen MR) is 80.5 cm³/mol. The molecule has 1 aliphatic rings. The summed E-state index contributed by atoms with van der Waals surface area (Å²) >= 11 is 0. The van der Waals surface area contributed by atoms with Gasteiger partial charge in [-0.2, -0.15) is 0 Å². The van der Waals surface area contributed by atoms with Crippen LogP contribution in [0.5, 0.6) is 0 Å². The van der Waals surface area contributed by atoms with Gasteiger partial charge in [0.1, 0.15) is 0 Å². The Balaban J connectivity index is 1.98. The van der Waals surface area contributed by atoms with E-state index < -0.39 is 5.41 Å². The summed E-state index contributed by atoms with van der Waals surface area (Å²) < 4.78 is 10.8. The number of amides is 1. The molecule has 0 saturated carbocycles. The summed E-state index contributed by atoms with van der Waals surface area (Å²) in [6.07, 6.45) is 0. The molecule has 2 atom stereocenters. The van der Waals surface area contributed by atoms with Crippen LogP contribution in [0.1, 0.15) is 25.0 Å². The van der Waals surface area contributed by atoms with Crippen LogP contribution in [-0.2, 0) is 27.4 Å². The fraction of sp³-hybridized carbons (Fsp3) is 0.562. The minimum absolute atomic E-state index is 0.0567. The van der Waals surface area contributed by atoms with E-state index in [1.807, 2.05) is 38.1 Å². The minimum Gasteiger partial charge on any atom is -0.379 e. The fourth-order valence-corrected chi connectivity index (χ4v) is 2.38. The van der Waals surface area contributed by atoms with Crippen molar-refractivity contribution >= 4 is 5.91 Å². The van der Waals surface area contributed by atoms with Crippen LogP contribution >= 0.6 is 0 Å². The molecule has 5 heteroatoms. The molecule has 1 aliphatic heterocycles. The SMILES string of the molecule is CCOCc1ccccc1CNC(=O)C1(C)COCC1N. The van der Waals surface area contributed by atoms with Gasteiger partial charge in [-0.05, 0) is 25.0 Å². The average Bonchev–Trinajstić information content (AvgIpc) is 2.84. The highest BCUT2D eigenvalue weighted by Gasteiger charge is 2.44. The Morgan fingerprint density at radius 3 is 2.81 bits per heavy atom. The van der Waals surface area contributed by atoms with E-state index in [9.17, 15) is 4.79 Å². The van der Waals surface area contributed by atoms with E-state index in [0.29, 0.717) is 33.0 Å². The van der Waals surface area contributed by atoms with Gasteiger partial charge in [0.2, 0.25) is 5.91 Å². The van der Waals surface area contributed by atoms with E-state index in [1.165, 1.54) is 0 Å². The zero-order valence-corrected chi connectivity index (χ0v) is 12.7. The average molecular weight is 292 g/mol. The van der Waals surface area contributed by atoms with Gasteiger partial charge in [-0.1, -0.05) is 24.3 Å². The van der Waals surface area contributed by atoms with Crippen LogP contribution in [0.4, 0.5) is 0 Å². The lowest BCUT2D eigenvalue weighted by Crippen LogP contribution is -2.49. The molecule has 5 nitrogen and oxygen atoms in total. The van der Waals surface area contributed by atoms with E-state index in [1.54, 1.807) is 0 Å². The van der Waals surface area contributed by atoms with Crippen molar-refractivity contribution in [1.29, 1.82) is 0 Å². The maximum Gasteiger partial charge on any atom is 0.230 e. The summed E-state index contributed by atoms with van der Waals surface area (Å²) in [6, 6.07) is 7.70. The highest BCUT2D eigenvalue weighted by Crippen LogP contribution is 2.27. The third-order valence-corrected chi connectivity index (χ3v) is 4.06. The third kappa shape index (κ3) is 3.61. The van der Waals surface area contributed by atoms with Gasteiger partial charge < -0.3 is 20.5 Å². The number of hydrogen-bond acceptors (Lipinski definition) is 4. The van der Waals surface area contributed by atoms with Gasteiger partial charge >= 0.3 is 0 Å². The zero-order valence-electron chi connectivity index (χ0n) is 12.7. The lowest BCUT2D eigenvalue weighted by molar-refractivity contribution is -0.130. The molecule has 2 unspecified atom stereocenters. The summed E-state index contributed by atoms with van der Waals surface area (Å²) in [5.74, 6) is -0.0567. The number of hydrogen-bond donors (Lipinski definition) is 2. The van der Waals surface area contributed by atoms with Crippen LogP contribution in [0.2, 0.25) is 0 Å². The molecule has 0 bridgehead atoms.